The van der Waals surface area contributed by atoms with Gasteiger partial charge in [0.25, 0.3) is 0 Å². The molecule has 0 saturated heterocycles. The van der Waals surface area contributed by atoms with E-state index in [-0.39, 0.29) is 11.9 Å². The van der Waals surface area contributed by atoms with Gasteiger partial charge < -0.3 is 10.5 Å². The molecule has 1 aromatic carbocycles. The molecule has 1 aliphatic rings. The minimum atomic E-state index is 0.0721. The van der Waals surface area contributed by atoms with Crippen molar-refractivity contribution in [2.45, 2.75) is 25.9 Å². The maximum atomic E-state index is 11.8. The van der Waals surface area contributed by atoms with E-state index in [1.807, 2.05) is 31.2 Å². The molecule has 0 spiro atoms. The number of Topliss-reactive ketones (excluding diaryl/α,β-unsaturated/α-hetero) is 1. The van der Waals surface area contributed by atoms with Crippen LogP contribution in [0, 0.1) is 0 Å². The number of fused-ring (bicyclic) bond motifs is 1. The van der Waals surface area contributed by atoms with Crippen molar-refractivity contribution < 1.29 is 9.53 Å². The summed E-state index contributed by atoms with van der Waals surface area (Å²) in [5.41, 5.74) is 7.97. The smallest absolute Gasteiger partial charge is 0.172 e. The van der Waals surface area contributed by atoms with Gasteiger partial charge in [0.2, 0.25) is 0 Å². The van der Waals surface area contributed by atoms with E-state index < -0.39 is 0 Å². The molecule has 104 valence electrons. The zero-order valence-corrected chi connectivity index (χ0v) is 12.2. The largest absolute Gasteiger partial charge is 0.488 e. The summed E-state index contributed by atoms with van der Waals surface area (Å²) >= 11 is 1.53. The van der Waals surface area contributed by atoms with E-state index in [2.05, 4.69) is 6.07 Å². The molecule has 0 unspecified atom stereocenters. The van der Waals surface area contributed by atoms with Crippen molar-refractivity contribution in [3.63, 3.8) is 0 Å². The molecular formula is C16H17NO2S. The molecule has 0 aliphatic carbocycles. The lowest BCUT2D eigenvalue weighted by molar-refractivity contribution is 0.0992. The number of carbonyl (C=O) groups excluding carboxylic acids is 1. The van der Waals surface area contributed by atoms with Crippen LogP contribution in [0.5, 0.6) is 5.75 Å². The lowest BCUT2D eigenvalue weighted by Gasteiger charge is -2.09. The van der Waals surface area contributed by atoms with Crippen molar-refractivity contribution in [1.82, 2.24) is 0 Å². The predicted octanol–water partition coefficient (Wildman–Crippen LogP) is 3.27. The van der Waals surface area contributed by atoms with Gasteiger partial charge >= 0.3 is 0 Å². The number of benzene rings is 1. The quantitative estimate of drug-likeness (QED) is 0.878. The van der Waals surface area contributed by atoms with E-state index in [1.165, 1.54) is 16.9 Å². The molecule has 1 aromatic heterocycles. The minimum absolute atomic E-state index is 0.0721. The topological polar surface area (TPSA) is 52.3 Å². The first kappa shape index (κ1) is 13.3. The van der Waals surface area contributed by atoms with Crippen molar-refractivity contribution >= 4 is 17.1 Å². The van der Waals surface area contributed by atoms with E-state index >= 15 is 0 Å². The van der Waals surface area contributed by atoms with Gasteiger partial charge in [-0.25, -0.2) is 0 Å². The summed E-state index contributed by atoms with van der Waals surface area (Å²) in [4.78, 5) is 13.6. The molecule has 1 atom stereocenters. The van der Waals surface area contributed by atoms with Crippen LogP contribution < -0.4 is 10.5 Å². The number of hydrogen-bond acceptors (Lipinski definition) is 4. The van der Waals surface area contributed by atoms with Gasteiger partial charge in [-0.05, 0) is 23.8 Å². The summed E-state index contributed by atoms with van der Waals surface area (Å²) in [7, 11) is 0. The van der Waals surface area contributed by atoms with Crippen molar-refractivity contribution in [2.24, 2.45) is 5.73 Å². The third-order valence-electron chi connectivity index (χ3n) is 3.56. The van der Waals surface area contributed by atoms with E-state index in [9.17, 15) is 4.79 Å². The first-order valence-corrected chi connectivity index (χ1v) is 7.66. The molecule has 3 rings (SSSR count). The Balaban J connectivity index is 1.98. The van der Waals surface area contributed by atoms with Gasteiger partial charge in [0.1, 0.15) is 11.9 Å². The molecule has 0 bridgehead atoms. The summed E-state index contributed by atoms with van der Waals surface area (Å²) in [6.07, 6.45) is 1.48. The first-order valence-electron chi connectivity index (χ1n) is 6.85. The van der Waals surface area contributed by atoms with Gasteiger partial charge in [-0.2, -0.15) is 0 Å². The van der Waals surface area contributed by atoms with Gasteiger partial charge in [-0.15, -0.1) is 11.3 Å². The molecule has 20 heavy (non-hydrogen) atoms. The third kappa shape index (κ3) is 2.25. The number of nitrogens with two attached hydrogens (primary N) is 1. The van der Waals surface area contributed by atoms with Gasteiger partial charge in [-0.3, -0.25) is 4.79 Å². The van der Waals surface area contributed by atoms with Crippen LogP contribution in [0.25, 0.3) is 10.4 Å². The second-order valence-electron chi connectivity index (χ2n) is 4.91. The molecule has 0 fully saturated rings. The summed E-state index contributed by atoms with van der Waals surface area (Å²) in [5.74, 6) is 1.12. The average Bonchev–Trinajstić information content (AvgIpc) is 3.12. The Kier molecular flexibility index (Phi) is 3.59. The zero-order valence-electron chi connectivity index (χ0n) is 11.4. The number of ether oxygens (including phenoxy) is 1. The van der Waals surface area contributed by atoms with Gasteiger partial charge in [0, 0.05) is 29.8 Å². The molecule has 2 heterocycles. The Morgan fingerprint density at radius 2 is 2.25 bits per heavy atom. The summed E-state index contributed by atoms with van der Waals surface area (Å²) in [6, 6.07) is 10.1. The maximum absolute atomic E-state index is 11.8. The number of para-hydroxylation sites is 1. The van der Waals surface area contributed by atoms with Crippen molar-refractivity contribution in [2.75, 3.05) is 6.54 Å². The predicted molar refractivity (Wildman–Crippen MR) is 81.6 cm³/mol. The highest BCUT2D eigenvalue weighted by Crippen LogP contribution is 2.41. The van der Waals surface area contributed by atoms with Gasteiger partial charge in [0.15, 0.2) is 5.78 Å². The lowest BCUT2D eigenvalue weighted by atomic mass is 10.1. The van der Waals surface area contributed by atoms with E-state index in [0.29, 0.717) is 13.0 Å². The molecule has 0 radical (unpaired) electrons. The van der Waals surface area contributed by atoms with Crippen molar-refractivity contribution in [1.29, 1.82) is 0 Å². The number of ketones is 1. The van der Waals surface area contributed by atoms with Crippen molar-refractivity contribution in [3.8, 4) is 16.2 Å². The minimum Gasteiger partial charge on any atom is -0.488 e. The molecule has 4 heteroatoms. The second kappa shape index (κ2) is 5.38. The Morgan fingerprint density at radius 1 is 1.40 bits per heavy atom. The number of rotatable bonds is 4. The molecule has 0 saturated carbocycles. The molecule has 3 nitrogen and oxygen atoms in total. The zero-order chi connectivity index (χ0) is 14.1. The molecule has 2 aromatic rings. The monoisotopic (exact) mass is 287 g/mol. The fraction of sp³-hybridized carbons (Fsp3) is 0.312. The van der Waals surface area contributed by atoms with Crippen LogP contribution in [-0.2, 0) is 6.42 Å². The fourth-order valence-corrected chi connectivity index (χ4v) is 3.51. The molecule has 2 N–H and O–H groups in total. The Morgan fingerprint density at radius 3 is 3.00 bits per heavy atom. The van der Waals surface area contributed by atoms with Crippen LogP contribution in [0.4, 0.5) is 0 Å². The van der Waals surface area contributed by atoms with Crippen LogP contribution in [0.1, 0.15) is 28.6 Å². The normalized spacial score (nSPS) is 16.8. The van der Waals surface area contributed by atoms with Crippen LogP contribution >= 0.6 is 11.3 Å². The van der Waals surface area contributed by atoms with E-state index in [1.54, 1.807) is 0 Å². The third-order valence-corrected chi connectivity index (χ3v) is 4.72. The Bertz CT molecular complexity index is 648. The molecular weight excluding hydrogens is 270 g/mol. The number of hydrogen-bond donors (Lipinski definition) is 1. The summed E-state index contributed by atoms with van der Waals surface area (Å²) in [6.45, 7) is 2.41. The average molecular weight is 287 g/mol. The van der Waals surface area contributed by atoms with Gasteiger partial charge in [-0.1, -0.05) is 19.1 Å². The highest BCUT2D eigenvalue weighted by molar-refractivity contribution is 7.17. The van der Waals surface area contributed by atoms with Crippen LogP contribution in [0.15, 0.2) is 30.3 Å². The maximum Gasteiger partial charge on any atom is 0.172 e. The second-order valence-corrected chi connectivity index (χ2v) is 6.00. The van der Waals surface area contributed by atoms with Crippen LogP contribution in [0.2, 0.25) is 0 Å². The summed E-state index contributed by atoms with van der Waals surface area (Å²) < 4.78 is 5.93. The molecule has 1 aliphatic heterocycles. The van der Waals surface area contributed by atoms with Crippen LogP contribution in [-0.4, -0.2) is 18.4 Å². The first-order chi connectivity index (χ1) is 9.72. The Hall–Kier alpha value is -1.65. The fourth-order valence-electron chi connectivity index (χ4n) is 2.47. The Labute approximate surface area is 122 Å². The standard InChI is InChI=1S/C16H17NO2S/c1-2-13(18)15-7-6-14(20-15)12-5-3-4-10-8-11(9-17)19-16(10)12/h3-7,11H,2,8-9,17H2,1H3/t11-/m1/s1. The van der Waals surface area contributed by atoms with Crippen molar-refractivity contribution in [3.05, 3.63) is 40.8 Å². The SMILES string of the molecule is CCC(=O)c1ccc(-c2cccc3c2O[C@@H](CN)C3)s1. The highest BCUT2D eigenvalue weighted by atomic mass is 32.1. The number of carbonyl (C=O) groups is 1. The van der Waals surface area contributed by atoms with E-state index in [4.69, 9.17) is 10.5 Å². The highest BCUT2D eigenvalue weighted by Gasteiger charge is 2.25. The van der Waals surface area contributed by atoms with Gasteiger partial charge in [0.05, 0.1) is 4.88 Å². The lowest BCUT2D eigenvalue weighted by Crippen LogP contribution is -2.24. The van der Waals surface area contributed by atoms with Crippen LogP contribution in [0.3, 0.4) is 0 Å². The van der Waals surface area contributed by atoms with E-state index in [0.717, 1.165) is 27.5 Å². The summed E-state index contributed by atoms with van der Waals surface area (Å²) in [5, 5.41) is 0. The number of thiophene rings is 1. The molecule has 0 amide bonds.